The Morgan fingerprint density at radius 1 is 1.21 bits per heavy atom. The van der Waals surface area contributed by atoms with Gasteiger partial charge in [-0.15, -0.1) is 0 Å². The Labute approximate surface area is 78.7 Å². The molecule has 0 bridgehead atoms. The molecule has 1 N–H and O–H groups in total. The third kappa shape index (κ3) is 2.61. The van der Waals surface area contributed by atoms with E-state index in [-0.39, 0.29) is 5.69 Å². The van der Waals surface area contributed by atoms with Gasteiger partial charge < -0.3 is 5.32 Å². The predicted octanol–water partition coefficient (Wildman–Crippen LogP) is 3.19. The Balaban J connectivity index is 2.75. The number of hydrogen-bond acceptors (Lipinski definition) is 1. The summed E-state index contributed by atoms with van der Waals surface area (Å²) < 4.78 is 49.2. The maximum Gasteiger partial charge on any atom is 0.408 e. The number of para-hydroxylation sites is 1. The van der Waals surface area contributed by atoms with Crippen molar-refractivity contribution in [3.63, 3.8) is 0 Å². The summed E-state index contributed by atoms with van der Waals surface area (Å²) in [6.07, 6.45) is -4.37. The molecule has 1 atom stereocenters. The Hall–Kier alpha value is -1.26. The minimum Gasteiger partial charge on any atom is -0.372 e. The molecule has 0 radical (unpaired) electrons. The lowest BCUT2D eigenvalue weighted by Crippen LogP contribution is -2.33. The van der Waals surface area contributed by atoms with Gasteiger partial charge in [-0.2, -0.15) is 13.2 Å². The van der Waals surface area contributed by atoms with Gasteiger partial charge in [0.1, 0.15) is 11.9 Å². The normalized spacial score (nSPS) is 13.8. The number of halogens is 4. The fourth-order valence-corrected chi connectivity index (χ4v) is 0.893. The van der Waals surface area contributed by atoms with Gasteiger partial charge in [0, 0.05) is 0 Å². The highest BCUT2D eigenvalue weighted by atomic mass is 19.4. The van der Waals surface area contributed by atoms with E-state index in [0.29, 0.717) is 0 Å². The van der Waals surface area contributed by atoms with Crippen molar-refractivity contribution in [3.05, 3.63) is 30.1 Å². The van der Waals surface area contributed by atoms with Gasteiger partial charge in [0.2, 0.25) is 0 Å². The van der Waals surface area contributed by atoms with E-state index in [1.54, 1.807) is 0 Å². The number of rotatable bonds is 2. The number of hydrogen-bond donors (Lipinski definition) is 1. The second-order valence-corrected chi connectivity index (χ2v) is 2.89. The second kappa shape index (κ2) is 3.86. The van der Waals surface area contributed by atoms with Gasteiger partial charge in [0.15, 0.2) is 0 Å². The van der Waals surface area contributed by atoms with Crippen molar-refractivity contribution >= 4 is 5.69 Å². The molecule has 0 amide bonds. The minimum atomic E-state index is -4.37. The Kier molecular flexibility index (Phi) is 2.98. The molecule has 0 aliphatic rings. The molecule has 14 heavy (non-hydrogen) atoms. The molecule has 0 aliphatic heterocycles. The first kappa shape index (κ1) is 10.8. The van der Waals surface area contributed by atoms with E-state index in [9.17, 15) is 17.6 Å². The maximum atomic E-state index is 12.9. The average molecular weight is 207 g/mol. The summed E-state index contributed by atoms with van der Waals surface area (Å²) in [6, 6.07) is 3.48. The second-order valence-electron chi connectivity index (χ2n) is 2.89. The SMILES string of the molecule is CC(Nc1ccccc1F)C(F)(F)F. The Morgan fingerprint density at radius 2 is 1.79 bits per heavy atom. The largest absolute Gasteiger partial charge is 0.408 e. The molecular weight excluding hydrogens is 198 g/mol. The lowest BCUT2D eigenvalue weighted by molar-refractivity contribution is -0.138. The van der Waals surface area contributed by atoms with E-state index >= 15 is 0 Å². The molecule has 1 rings (SSSR count). The van der Waals surface area contributed by atoms with Crippen LogP contribution in [0.4, 0.5) is 23.2 Å². The maximum absolute atomic E-state index is 12.9. The van der Waals surface area contributed by atoms with E-state index in [2.05, 4.69) is 5.32 Å². The third-order valence-electron chi connectivity index (χ3n) is 1.74. The third-order valence-corrected chi connectivity index (χ3v) is 1.74. The smallest absolute Gasteiger partial charge is 0.372 e. The molecule has 0 saturated carbocycles. The van der Waals surface area contributed by atoms with Gasteiger partial charge in [0.05, 0.1) is 5.69 Å². The lowest BCUT2D eigenvalue weighted by atomic mass is 10.2. The van der Waals surface area contributed by atoms with Crippen LogP contribution < -0.4 is 5.32 Å². The molecule has 0 aliphatic carbocycles. The van der Waals surface area contributed by atoms with Crippen molar-refractivity contribution in [2.45, 2.75) is 19.1 Å². The van der Waals surface area contributed by atoms with Crippen LogP contribution >= 0.6 is 0 Å². The fourth-order valence-electron chi connectivity index (χ4n) is 0.893. The molecule has 78 valence electrons. The molecule has 0 fully saturated rings. The predicted molar refractivity (Wildman–Crippen MR) is 45.5 cm³/mol. The highest BCUT2D eigenvalue weighted by Crippen LogP contribution is 2.24. The quantitative estimate of drug-likeness (QED) is 0.734. The number of benzene rings is 1. The summed E-state index contributed by atoms with van der Waals surface area (Å²) >= 11 is 0. The number of alkyl halides is 3. The molecule has 0 saturated heterocycles. The summed E-state index contributed by atoms with van der Waals surface area (Å²) in [4.78, 5) is 0. The van der Waals surface area contributed by atoms with Gasteiger partial charge in [-0.1, -0.05) is 12.1 Å². The van der Waals surface area contributed by atoms with E-state index in [1.165, 1.54) is 18.2 Å². The monoisotopic (exact) mass is 207 g/mol. The van der Waals surface area contributed by atoms with Gasteiger partial charge in [-0.05, 0) is 19.1 Å². The van der Waals surface area contributed by atoms with Crippen LogP contribution in [0.15, 0.2) is 24.3 Å². The average Bonchev–Trinajstić information content (AvgIpc) is 2.07. The molecule has 1 nitrogen and oxygen atoms in total. The van der Waals surface area contributed by atoms with Crippen molar-refractivity contribution in [1.82, 2.24) is 0 Å². The first-order valence-electron chi connectivity index (χ1n) is 3.99. The van der Waals surface area contributed by atoms with Crippen LogP contribution in [0, 0.1) is 5.82 Å². The van der Waals surface area contributed by atoms with Crippen LogP contribution in [0.2, 0.25) is 0 Å². The molecule has 1 aromatic carbocycles. The Bertz CT molecular complexity index is 308. The minimum absolute atomic E-state index is 0.141. The van der Waals surface area contributed by atoms with Gasteiger partial charge >= 0.3 is 6.18 Å². The molecule has 0 spiro atoms. The number of anilines is 1. The highest BCUT2D eigenvalue weighted by molar-refractivity contribution is 5.45. The summed E-state index contributed by atoms with van der Waals surface area (Å²) in [5.41, 5.74) is -0.141. The van der Waals surface area contributed by atoms with Crippen LogP contribution in [-0.4, -0.2) is 12.2 Å². The van der Waals surface area contributed by atoms with Crippen molar-refractivity contribution in [2.75, 3.05) is 5.32 Å². The zero-order valence-corrected chi connectivity index (χ0v) is 7.40. The first-order chi connectivity index (χ1) is 6.41. The number of nitrogens with one attached hydrogen (secondary N) is 1. The zero-order chi connectivity index (χ0) is 10.8. The van der Waals surface area contributed by atoms with Gasteiger partial charge in [-0.25, -0.2) is 4.39 Å². The van der Waals surface area contributed by atoms with Crippen molar-refractivity contribution < 1.29 is 17.6 Å². The van der Waals surface area contributed by atoms with E-state index in [1.807, 2.05) is 0 Å². The first-order valence-corrected chi connectivity index (χ1v) is 3.99. The molecule has 0 aromatic heterocycles. The topological polar surface area (TPSA) is 12.0 Å². The zero-order valence-electron chi connectivity index (χ0n) is 7.40. The summed E-state index contributed by atoms with van der Waals surface area (Å²) in [6.45, 7) is 0.937. The van der Waals surface area contributed by atoms with Crippen LogP contribution in [0.5, 0.6) is 0 Å². The molecule has 0 heterocycles. The van der Waals surface area contributed by atoms with Crippen LogP contribution in [0.3, 0.4) is 0 Å². The molecule has 1 unspecified atom stereocenters. The molecule has 1 aromatic rings. The van der Waals surface area contributed by atoms with Crippen molar-refractivity contribution in [2.24, 2.45) is 0 Å². The van der Waals surface area contributed by atoms with Crippen LogP contribution in [0.1, 0.15) is 6.92 Å². The summed E-state index contributed by atoms with van der Waals surface area (Å²) in [7, 11) is 0. The fraction of sp³-hybridized carbons (Fsp3) is 0.333. The van der Waals surface area contributed by atoms with E-state index in [0.717, 1.165) is 13.0 Å². The van der Waals surface area contributed by atoms with Crippen molar-refractivity contribution in [1.29, 1.82) is 0 Å². The molecule has 5 heteroatoms. The van der Waals surface area contributed by atoms with Crippen molar-refractivity contribution in [3.8, 4) is 0 Å². The van der Waals surface area contributed by atoms with Gasteiger partial charge in [0.25, 0.3) is 0 Å². The standard InChI is InChI=1S/C9H9F4N/c1-6(9(11,12)13)14-8-5-3-2-4-7(8)10/h2-6,14H,1H3. The summed E-state index contributed by atoms with van der Waals surface area (Å²) in [5.74, 6) is -0.691. The van der Waals surface area contributed by atoms with E-state index < -0.39 is 18.0 Å². The van der Waals surface area contributed by atoms with Crippen LogP contribution in [0.25, 0.3) is 0 Å². The lowest BCUT2D eigenvalue weighted by Gasteiger charge is -2.18. The summed E-state index contributed by atoms with van der Waals surface area (Å²) in [5, 5.41) is 2.05. The highest BCUT2D eigenvalue weighted by Gasteiger charge is 2.36. The van der Waals surface area contributed by atoms with Crippen LogP contribution in [-0.2, 0) is 0 Å². The Morgan fingerprint density at radius 3 is 2.29 bits per heavy atom. The molecular formula is C9H9F4N. The van der Waals surface area contributed by atoms with E-state index in [4.69, 9.17) is 0 Å². The van der Waals surface area contributed by atoms with Gasteiger partial charge in [-0.3, -0.25) is 0 Å².